The third-order valence-electron chi connectivity index (χ3n) is 7.92. The Hall–Kier alpha value is -0.980. The van der Waals surface area contributed by atoms with Crippen LogP contribution in [0.25, 0.3) is 0 Å². The van der Waals surface area contributed by atoms with E-state index in [4.69, 9.17) is 0 Å². The topological polar surface area (TPSA) is 3.24 Å². The Morgan fingerprint density at radius 1 is 0.929 bits per heavy atom. The van der Waals surface area contributed by atoms with Crippen molar-refractivity contribution in [3.05, 3.63) is 29.3 Å². The summed E-state index contributed by atoms with van der Waals surface area (Å²) >= 11 is 0. The first-order valence-electron chi connectivity index (χ1n) is 11.9. The second-order valence-electron chi connectivity index (χ2n) is 11.8. The van der Waals surface area contributed by atoms with Gasteiger partial charge in [0.15, 0.2) is 0 Å². The van der Waals surface area contributed by atoms with Crippen molar-refractivity contribution in [3.63, 3.8) is 0 Å². The van der Waals surface area contributed by atoms with Gasteiger partial charge < -0.3 is 4.90 Å². The summed E-state index contributed by atoms with van der Waals surface area (Å²) in [7, 11) is 0. The van der Waals surface area contributed by atoms with Gasteiger partial charge in [0.05, 0.1) is 0 Å². The highest BCUT2D eigenvalue weighted by Crippen LogP contribution is 2.58. The standard InChI is InChI=1S/C27H45N/c1-18(2)22-11-10-12-23(19(3)4)25(22)28-17-27(16-26(28,8)9)15-21(7)13-14-24(27)20(5)6/h10-12,18-21,24H,13-17H2,1-9H3/t21-,24+,27-/m1/s1. The minimum Gasteiger partial charge on any atom is -0.365 e. The van der Waals surface area contributed by atoms with Crippen molar-refractivity contribution in [1.29, 1.82) is 0 Å². The number of anilines is 1. The Bertz CT molecular complexity index is 657. The maximum absolute atomic E-state index is 2.85. The van der Waals surface area contributed by atoms with Crippen molar-refractivity contribution in [2.45, 2.75) is 105 Å². The van der Waals surface area contributed by atoms with Crippen LogP contribution in [0.1, 0.15) is 111 Å². The number of rotatable bonds is 4. The van der Waals surface area contributed by atoms with E-state index in [9.17, 15) is 0 Å². The van der Waals surface area contributed by atoms with E-state index in [1.165, 1.54) is 32.2 Å². The van der Waals surface area contributed by atoms with Crippen LogP contribution in [0, 0.1) is 23.2 Å². The zero-order valence-corrected chi connectivity index (χ0v) is 20.1. The Labute approximate surface area is 175 Å². The van der Waals surface area contributed by atoms with E-state index in [-0.39, 0.29) is 5.54 Å². The van der Waals surface area contributed by atoms with Crippen LogP contribution in [0.4, 0.5) is 5.69 Å². The molecule has 1 saturated heterocycles. The fourth-order valence-electron chi connectivity index (χ4n) is 6.89. The Morgan fingerprint density at radius 3 is 2.00 bits per heavy atom. The van der Waals surface area contributed by atoms with Crippen molar-refractivity contribution in [1.82, 2.24) is 0 Å². The molecule has 2 fully saturated rings. The first-order chi connectivity index (χ1) is 13.0. The van der Waals surface area contributed by atoms with Gasteiger partial charge in [-0.15, -0.1) is 0 Å². The molecule has 1 heteroatoms. The maximum Gasteiger partial charge on any atom is 0.0441 e. The molecule has 28 heavy (non-hydrogen) atoms. The van der Waals surface area contributed by atoms with Crippen molar-refractivity contribution in [3.8, 4) is 0 Å². The van der Waals surface area contributed by atoms with Crippen molar-refractivity contribution < 1.29 is 0 Å². The molecular formula is C27H45N. The van der Waals surface area contributed by atoms with E-state index in [2.05, 4.69) is 85.4 Å². The summed E-state index contributed by atoms with van der Waals surface area (Å²) < 4.78 is 0. The quantitative estimate of drug-likeness (QED) is 0.509. The molecule has 1 aliphatic heterocycles. The number of hydrogen-bond donors (Lipinski definition) is 0. The fourth-order valence-corrected chi connectivity index (χ4v) is 6.89. The summed E-state index contributed by atoms with van der Waals surface area (Å²) in [4.78, 5) is 2.85. The van der Waals surface area contributed by atoms with Crippen LogP contribution >= 0.6 is 0 Å². The first-order valence-corrected chi connectivity index (χ1v) is 11.9. The van der Waals surface area contributed by atoms with E-state index in [0.29, 0.717) is 17.3 Å². The molecule has 3 atom stereocenters. The maximum atomic E-state index is 2.85. The number of hydrogen-bond acceptors (Lipinski definition) is 1. The molecule has 1 aromatic carbocycles. The van der Waals surface area contributed by atoms with Gasteiger partial charge >= 0.3 is 0 Å². The summed E-state index contributed by atoms with van der Waals surface area (Å²) in [6, 6.07) is 7.05. The highest BCUT2D eigenvalue weighted by Gasteiger charge is 2.55. The summed E-state index contributed by atoms with van der Waals surface area (Å²) in [6.07, 6.45) is 5.60. The lowest BCUT2D eigenvalue weighted by atomic mass is 9.58. The second kappa shape index (κ2) is 7.69. The molecule has 2 aliphatic rings. The molecule has 0 unspecified atom stereocenters. The minimum absolute atomic E-state index is 0.221. The molecule has 1 saturated carbocycles. The molecule has 0 radical (unpaired) electrons. The summed E-state index contributed by atoms with van der Waals surface area (Å²) in [5.41, 5.74) is 5.35. The van der Waals surface area contributed by atoms with Gasteiger partial charge in [-0.25, -0.2) is 0 Å². The number of para-hydroxylation sites is 1. The van der Waals surface area contributed by atoms with Crippen LogP contribution in [0.15, 0.2) is 18.2 Å². The highest BCUT2D eigenvalue weighted by molar-refractivity contribution is 5.64. The van der Waals surface area contributed by atoms with Crippen LogP contribution in [0.3, 0.4) is 0 Å². The normalized spacial score (nSPS) is 30.2. The predicted octanol–water partition coefficient (Wildman–Crippen LogP) is 8.00. The molecule has 1 aromatic rings. The van der Waals surface area contributed by atoms with Crippen LogP contribution in [0.5, 0.6) is 0 Å². The summed E-state index contributed by atoms with van der Waals surface area (Å²) in [5.74, 6) is 3.64. The molecule has 0 aromatic heterocycles. The molecule has 158 valence electrons. The molecule has 0 bridgehead atoms. The van der Waals surface area contributed by atoms with Gasteiger partial charge in [-0.3, -0.25) is 0 Å². The van der Waals surface area contributed by atoms with Gasteiger partial charge in [-0.1, -0.05) is 73.1 Å². The van der Waals surface area contributed by atoms with Crippen molar-refractivity contribution >= 4 is 5.69 Å². The fraction of sp³-hybridized carbons (Fsp3) is 0.778. The van der Waals surface area contributed by atoms with Crippen LogP contribution in [-0.2, 0) is 0 Å². The lowest BCUT2D eigenvalue weighted by molar-refractivity contribution is 0.0453. The van der Waals surface area contributed by atoms with E-state index in [1.54, 1.807) is 16.8 Å². The Morgan fingerprint density at radius 2 is 1.50 bits per heavy atom. The molecule has 0 N–H and O–H groups in total. The lowest BCUT2D eigenvalue weighted by Gasteiger charge is -2.46. The van der Waals surface area contributed by atoms with Gasteiger partial charge in [-0.2, -0.15) is 0 Å². The zero-order chi connectivity index (χ0) is 20.9. The number of nitrogens with zero attached hydrogens (tertiary/aromatic N) is 1. The average molecular weight is 384 g/mol. The van der Waals surface area contributed by atoms with Crippen LogP contribution in [0.2, 0.25) is 0 Å². The molecule has 1 heterocycles. The third kappa shape index (κ3) is 3.75. The largest absolute Gasteiger partial charge is 0.365 e. The summed E-state index contributed by atoms with van der Waals surface area (Å²) in [6.45, 7) is 23.2. The molecule has 0 amide bonds. The van der Waals surface area contributed by atoms with E-state index in [0.717, 1.165) is 17.8 Å². The zero-order valence-electron chi connectivity index (χ0n) is 20.1. The molecule has 1 spiro atoms. The Kier molecular flexibility index (Phi) is 5.97. The molecule has 1 nitrogen and oxygen atoms in total. The van der Waals surface area contributed by atoms with Gasteiger partial charge in [0, 0.05) is 17.8 Å². The predicted molar refractivity (Wildman–Crippen MR) is 124 cm³/mol. The second-order valence-corrected chi connectivity index (χ2v) is 11.8. The van der Waals surface area contributed by atoms with Crippen molar-refractivity contribution in [2.75, 3.05) is 11.4 Å². The average Bonchev–Trinajstić information content (AvgIpc) is 2.83. The monoisotopic (exact) mass is 383 g/mol. The smallest absolute Gasteiger partial charge is 0.0441 e. The lowest BCUT2D eigenvalue weighted by Crippen LogP contribution is -2.42. The van der Waals surface area contributed by atoms with Gasteiger partial charge in [0.2, 0.25) is 0 Å². The van der Waals surface area contributed by atoms with Gasteiger partial charge in [0.1, 0.15) is 0 Å². The third-order valence-corrected chi connectivity index (χ3v) is 7.92. The molecule has 1 aliphatic carbocycles. The molecular weight excluding hydrogens is 338 g/mol. The van der Waals surface area contributed by atoms with E-state index in [1.807, 2.05) is 0 Å². The molecule has 3 rings (SSSR count). The van der Waals surface area contributed by atoms with Gasteiger partial charge in [-0.05, 0) is 79.2 Å². The number of benzene rings is 1. The van der Waals surface area contributed by atoms with Crippen LogP contribution in [-0.4, -0.2) is 12.1 Å². The first kappa shape index (κ1) is 21.7. The van der Waals surface area contributed by atoms with Crippen molar-refractivity contribution in [2.24, 2.45) is 23.2 Å². The van der Waals surface area contributed by atoms with E-state index < -0.39 is 0 Å². The van der Waals surface area contributed by atoms with Gasteiger partial charge in [0.25, 0.3) is 0 Å². The Balaban J connectivity index is 2.11. The minimum atomic E-state index is 0.221. The SMILES string of the molecule is CC(C)c1cccc(C(C)C)c1N1C[C@@]2(C[C@H](C)CC[C@H]2C(C)C)CC1(C)C. The van der Waals surface area contributed by atoms with E-state index >= 15 is 0 Å². The highest BCUT2D eigenvalue weighted by atomic mass is 15.2. The summed E-state index contributed by atoms with van der Waals surface area (Å²) in [5, 5.41) is 0. The van der Waals surface area contributed by atoms with Crippen LogP contribution < -0.4 is 4.90 Å².